The molecule has 2 aromatic rings. The minimum atomic E-state index is -4.42. The molecule has 0 saturated heterocycles. The molecule has 31 heavy (non-hydrogen) atoms. The summed E-state index contributed by atoms with van der Waals surface area (Å²) in [5.41, 5.74) is -1.05. The van der Waals surface area contributed by atoms with Crippen molar-refractivity contribution in [2.75, 3.05) is 14.2 Å². The summed E-state index contributed by atoms with van der Waals surface area (Å²) in [6, 6.07) is 9.14. The van der Waals surface area contributed by atoms with Crippen molar-refractivity contribution in [3.8, 4) is 0 Å². The van der Waals surface area contributed by atoms with Crippen LogP contribution >= 0.6 is 15.9 Å². The van der Waals surface area contributed by atoms with E-state index in [1.165, 1.54) is 38.5 Å². The van der Waals surface area contributed by atoms with Crippen LogP contribution in [0.25, 0.3) is 0 Å². The van der Waals surface area contributed by atoms with E-state index < -0.39 is 40.2 Å². The van der Waals surface area contributed by atoms with E-state index in [0.717, 1.165) is 24.3 Å². The molecule has 0 radical (unpaired) electrons. The van der Waals surface area contributed by atoms with Gasteiger partial charge in [0.25, 0.3) is 0 Å². The third-order valence-corrected chi connectivity index (χ3v) is 4.65. The molecule has 0 aliphatic rings. The van der Waals surface area contributed by atoms with Gasteiger partial charge in [-0.15, -0.1) is 0 Å². The van der Waals surface area contributed by atoms with Crippen LogP contribution < -0.4 is 0 Å². The van der Waals surface area contributed by atoms with Crippen molar-refractivity contribution in [3.05, 3.63) is 70.8 Å². The van der Waals surface area contributed by atoms with Crippen LogP contribution in [0.1, 0.15) is 27.1 Å². The molecule has 4 nitrogen and oxygen atoms in total. The molecule has 0 heterocycles. The summed E-state index contributed by atoms with van der Waals surface area (Å²) in [6.45, 7) is 0. The number of hydrogen-bond acceptors (Lipinski definition) is 4. The van der Waals surface area contributed by atoms with E-state index in [1.807, 2.05) is 0 Å². The Labute approximate surface area is 182 Å². The predicted octanol–water partition coefficient (Wildman–Crippen LogP) is 5.74. The Balaban J connectivity index is 0.000000311. The van der Waals surface area contributed by atoms with Gasteiger partial charge in [-0.05, 0) is 23.3 Å². The third-order valence-electron chi connectivity index (χ3n) is 3.75. The van der Waals surface area contributed by atoms with Gasteiger partial charge in [-0.25, -0.2) is 0 Å². The number of esters is 2. The fourth-order valence-corrected chi connectivity index (χ4v) is 2.68. The lowest BCUT2D eigenvalue weighted by molar-refractivity contribution is -0.141. The Morgan fingerprint density at radius 2 is 1.39 bits per heavy atom. The molecule has 2 aromatic carbocycles. The molecule has 0 fully saturated rings. The number of halogens is 7. The molecule has 0 N–H and O–H groups in total. The van der Waals surface area contributed by atoms with Crippen molar-refractivity contribution < 1.29 is 45.4 Å². The standard InChI is InChI=1S/C10H8BrF3O2.C10H9F3O2/c1-16-9(15)8(11)6-3-2-4-7(5-6)10(12,13)14;1-15-9(14)6-7-3-2-4-8(5-7)10(11,12)13/h2-5,8H,1H3;2-5H,6H2,1H3. The van der Waals surface area contributed by atoms with Gasteiger partial charge >= 0.3 is 24.3 Å². The molecular weight excluding hydrogens is 498 g/mol. The summed E-state index contributed by atoms with van der Waals surface area (Å²) in [5.74, 6) is -1.20. The molecule has 0 amide bonds. The molecular formula is C20H17BrF6O4. The summed E-state index contributed by atoms with van der Waals surface area (Å²) in [7, 11) is 2.36. The predicted molar refractivity (Wildman–Crippen MR) is 102 cm³/mol. The van der Waals surface area contributed by atoms with E-state index >= 15 is 0 Å². The zero-order chi connectivity index (χ0) is 23.8. The molecule has 0 aliphatic carbocycles. The van der Waals surface area contributed by atoms with Gasteiger partial charge in [-0.2, -0.15) is 26.3 Å². The Morgan fingerprint density at radius 1 is 0.871 bits per heavy atom. The van der Waals surface area contributed by atoms with Crippen molar-refractivity contribution in [3.63, 3.8) is 0 Å². The number of methoxy groups -OCH3 is 2. The highest BCUT2D eigenvalue weighted by molar-refractivity contribution is 9.09. The normalized spacial score (nSPS) is 12.3. The number of rotatable bonds is 4. The topological polar surface area (TPSA) is 52.6 Å². The maximum atomic E-state index is 12.4. The van der Waals surface area contributed by atoms with Crippen LogP contribution in [0.5, 0.6) is 0 Å². The monoisotopic (exact) mass is 514 g/mol. The van der Waals surface area contributed by atoms with Gasteiger partial charge in [-0.1, -0.05) is 52.3 Å². The van der Waals surface area contributed by atoms with Crippen LogP contribution in [0.4, 0.5) is 26.3 Å². The van der Waals surface area contributed by atoms with E-state index in [-0.39, 0.29) is 17.5 Å². The lowest BCUT2D eigenvalue weighted by atomic mass is 10.1. The number of hydrogen-bond donors (Lipinski definition) is 0. The number of carbonyl (C=O) groups excluding carboxylic acids is 2. The molecule has 11 heteroatoms. The van der Waals surface area contributed by atoms with Crippen LogP contribution in [-0.2, 0) is 37.8 Å². The Kier molecular flexibility index (Phi) is 9.54. The molecule has 1 atom stereocenters. The second kappa shape index (κ2) is 11.2. The summed E-state index contributed by atoms with van der Waals surface area (Å²) in [6.07, 6.45) is -8.95. The molecule has 0 aromatic heterocycles. The first-order valence-electron chi connectivity index (χ1n) is 8.41. The SMILES string of the molecule is COC(=O)C(Br)c1cccc(C(F)(F)F)c1.COC(=O)Cc1cccc(C(F)(F)F)c1. The zero-order valence-electron chi connectivity index (χ0n) is 16.2. The van der Waals surface area contributed by atoms with Gasteiger partial charge in [-0.3, -0.25) is 9.59 Å². The molecule has 1 unspecified atom stereocenters. The number of carbonyl (C=O) groups is 2. The Hall–Kier alpha value is -2.56. The van der Waals surface area contributed by atoms with Crippen LogP contribution in [0, 0.1) is 0 Å². The molecule has 170 valence electrons. The molecule has 0 bridgehead atoms. The van der Waals surface area contributed by atoms with E-state index in [9.17, 15) is 35.9 Å². The van der Waals surface area contributed by atoms with Crippen LogP contribution in [-0.4, -0.2) is 26.2 Å². The quantitative estimate of drug-likeness (QED) is 0.297. The summed E-state index contributed by atoms with van der Waals surface area (Å²) < 4.78 is 82.7. The average molecular weight is 515 g/mol. The Morgan fingerprint density at radius 3 is 1.87 bits per heavy atom. The number of ether oxygens (including phenoxy) is 2. The average Bonchev–Trinajstić information content (AvgIpc) is 2.72. The van der Waals surface area contributed by atoms with Crippen LogP contribution in [0.15, 0.2) is 48.5 Å². The van der Waals surface area contributed by atoms with E-state index in [4.69, 9.17) is 0 Å². The molecule has 2 rings (SSSR count). The largest absolute Gasteiger partial charge is 0.469 e. The fraction of sp³-hybridized carbons (Fsp3) is 0.300. The second-order valence-corrected chi connectivity index (χ2v) is 6.88. The second-order valence-electron chi connectivity index (χ2n) is 5.96. The Bertz CT molecular complexity index is 896. The van der Waals surface area contributed by atoms with Gasteiger partial charge in [0.1, 0.15) is 4.83 Å². The van der Waals surface area contributed by atoms with Gasteiger partial charge in [0.15, 0.2) is 0 Å². The first kappa shape index (κ1) is 26.5. The first-order chi connectivity index (χ1) is 14.3. The van der Waals surface area contributed by atoms with E-state index in [0.29, 0.717) is 0 Å². The summed E-state index contributed by atoms with van der Waals surface area (Å²) in [5, 5.41) is 0. The van der Waals surface area contributed by atoms with Crippen molar-refractivity contribution in [2.24, 2.45) is 0 Å². The number of alkyl halides is 7. The maximum Gasteiger partial charge on any atom is 0.416 e. The highest BCUT2D eigenvalue weighted by Crippen LogP contribution is 2.33. The molecule has 0 aliphatic heterocycles. The van der Waals surface area contributed by atoms with Crippen molar-refractivity contribution in [1.82, 2.24) is 0 Å². The first-order valence-corrected chi connectivity index (χ1v) is 9.33. The van der Waals surface area contributed by atoms with Gasteiger partial charge in [0.2, 0.25) is 0 Å². The highest BCUT2D eigenvalue weighted by Gasteiger charge is 2.32. The van der Waals surface area contributed by atoms with Crippen molar-refractivity contribution in [1.29, 1.82) is 0 Å². The smallest absolute Gasteiger partial charge is 0.416 e. The molecule has 0 saturated carbocycles. The zero-order valence-corrected chi connectivity index (χ0v) is 17.8. The third kappa shape index (κ3) is 8.60. The molecule has 0 spiro atoms. The van der Waals surface area contributed by atoms with Crippen molar-refractivity contribution >= 4 is 27.9 Å². The number of benzene rings is 2. The lowest BCUT2D eigenvalue weighted by Gasteiger charge is -2.11. The highest BCUT2D eigenvalue weighted by atomic mass is 79.9. The minimum Gasteiger partial charge on any atom is -0.469 e. The van der Waals surface area contributed by atoms with E-state index in [2.05, 4.69) is 25.4 Å². The van der Waals surface area contributed by atoms with Crippen LogP contribution in [0.2, 0.25) is 0 Å². The summed E-state index contributed by atoms with van der Waals surface area (Å²) >= 11 is 2.97. The van der Waals surface area contributed by atoms with Crippen LogP contribution in [0.3, 0.4) is 0 Å². The van der Waals surface area contributed by atoms with Gasteiger partial charge in [0, 0.05) is 0 Å². The lowest BCUT2D eigenvalue weighted by Crippen LogP contribution is -2.10. The van der Waals surface area contributed by atoms with E-state index in [1.54, 1.807) is 0 Å². The van der Waals surface area contributed by atoms with Crippen molar-refractivity contribution in [2.45, 2.75) is 23.6 Å². The van der Waals surface area contributed by atoms with Gasteiger partial charge < -0.3 is 9.47 Å². The summed E-state index contributed by atoms with van der Waals surface area (Å²) in [4.78, 5) is 21.1. The maximum absolute atomic E-state index is 12.4. The fourth-order valence-electron chi connectivity index (χ4n) is 2.21. The minimum absolute atomic E-state index is 0.152. The van der Waals surface area contributed by atoms with Gasteiger partial charge in [0.05, 0.1) is 31.8 Å².